The molecule has 4 aromatic rings. The monoisotopic (exact) mass is 359 g/mol. The molecule has 0 aliphatic carbocycles. The van der Waals surface area contributed by atoms with Gasteiger partial charge in [0.2, 0.25) is 0 Å². The van der Waals surface area contributed by atoms with Crippen LogP contribution in [0, 0.1) is 0 Å². The molecule has 27 heavy (non-hydrogen) atoms. The van der Waals surface area contributed by atoms with Crippen molar-refractivity contribution in [2.75, 3.05) is 13.7 Å². The van der Waals surface area contributed by atoms with E-state index >= 15 is 0 Å². The van der Waals surface area contributed by atoms with Crippen LogP contribution in [0.3, 0.4) is 0 Å². The number of ether oxygens (including phenoxy) is 1. The summed E-state index contributed by atoms with van der Waals surface area (Å²) in [5, 5.41) is 5.50. The molecule has 0 aliphatic heterocycles. The first-order valence-corrected chi connectivity index (χ1v) is 8.99. The van der Waals surface area contributed by atoms with Crippen molar-refractivity contribution in [1.29, 1.82) is 0 Å². The molecule has 0 saturated heterocycles. The lowest BCUT2D eigenvalue weighted by Crippen LogP contribution is -2.18. The van der Waals surface area contributed by atoms with Crippen LogP contribution in [0.4, 0.5) is 0 Å². The van der Waals surface area contributed by atoms with Crippen molar-refractivity contribution >= 4 is 27.8 Å². The molecule has 0 fully saturated rings. The van der Waals surface area contributed by atoms with Crippen molar-refractivity contribution in [2.24, 2.45) is 0 Å². The number of aromatic amines is 1. The number of benzene rings is 2. The van der Waals surface area contributed by atoms with Gasteiger partial charge in [0, 0.05) is 22.8 Å². The Bertz CT molecular complexity index is 1090. The van der Waals surface area contributed by atoms with Crippen LogP contribution < -0.4 is 5.32 Å². The molecule has 2 N–H and O–H groups in total. The number of hydrogen-bond donors (Lipinski definition) is 2. The molecule has 4 rings (SSSR count). The smallest absolute Gasteiger partial charge is 0.356 e. The minimum atomic E-state index is -0.423. The fourth-order valence-electron chi connectivity index (χ4n) is 3.33. The van der Waals surface area contributed by atoms with E-state index in [2.05, 4.69) is 27.4 Å². The summed E-state index contributed by atoms with van der Waals surface area (Å²) in [6.07, 6.45) is 0.938. The van der Waals surface area contributed by atoms with Crippen LogP contribution in [-0.4, -0.2) is 29.6 Å². The maximum absolute atomic E-state index is 12.1. The number of rotatable bonds is 6. The zero-order valence-electron chi connectivity index (χ0n) is 15.2. The molecule has 5 nitrogen and oxygen atoms in total. The highest BCUT2D eigenvalue weighted by Crippen LogP contribution is 2.27. The summed E-state index contributed by atoms with van der Waals surface area (Å²) >= 11 is 0. The van der Waals surface area contributed by atoms with Gasteiger partial charge in [0.15, 0.2) is 0 Å². The maximum Gasteiger partial charge on any atom is 0.356 e. The minimum Gasteiger partial charge on any atom is -0.464 e. The fraction of sp³-hybridized carbons (Fsp3) is 0.182. The molecule has 2 heterocycles. The molecule has 0 amide bonds. The third-order valence-corrected chi connectivity index (χ3v) is 4.69. The largest absolute Gasteiger partial charge is 0.464 e. The standard InChI is InChI=1S/C22H21N3O2/c1-27-22(26)19-13-17-16-9-5-6-10-18(16)25-21(17)20(24-19)14-23-12-11-15-7-3-2-4-8-15/h2-10,13,23,25H,11-12,14H2,1H3. The van der Waals surface area contributed by atoms with Gasteiger partial charge in [-0.3, -0.25) is 0 Å². The average Bonchev–Trinajstić information content (AvgIpc) is 3.10. The number of pyridine rings is 1. The van der Waals surface area contributed by atoms with Gasteiger partial charge in [0.05, 0.1) is 18.3 Å². The average molecular weight is 359 g/mol. The van der Waals surface area contributed by atoms with Crippen LogP contribution in [0.5, 0.6) is 0 Å². The Kier molecular flexibility index (Phi) is 4.85. The van der Waals surface area contributed by atoms with Gasteiger partial charge in [-0.2, -0.15) is 0 Å². The van der Waals surface area contributed by atoms with Gasteiger partial charge >= 0.3 is 5.97 Å². The van der Waals surface area contributed by atoms with Crippen molar-refractivity contribution in [1.82, 2.24) is 15.3 Å². The number of carbonyl (C=O) groups excluding carboxylic acids is 1. The van der Waals surface area contributed by atoms with E-state index in [4.69, 9.17) is 4.74 Å². The Morgan fingerprint density at radius 2 is 1.85 bits per heavy atom. The van der Waals surface area contributed by atoms with Crippen molar-refractivity contribution < 1.29 is 9.53 Å². The van der Waals surface area contributed by atoms with Gasteiger partial charge in [-0.1, -0.05) is 48.5 Å². The number of carbonyl (C=O) groups is 1. The molecule has 5 heteroatoms. The van der Waals surface area contributed by atoms with E-state index in [0.29, 0.717) is 12.2 Å². The van der Waals surface area contributed by atoms with Gasteiger partial charge in [-0.05, 0) is 30.7 Å². The van der Waals surface area contributed by atoms with E-state index < -0.39 is 5.97 Å². The molecule has 0 aliphatic rings. The Morgan fingerprint density at radius 1 is 1.07 bits per heavy atom. The lowest BCUT2D eigenvalue weighted by Gasteiger charge is -2.08. The van der Waals surface area contributed by atoms with Crippen molar-refractivity contribution in [3.05, 3.63) is 77.6 Å². The first kappa shape index (κ1) is 17.2. The molecule has 0 radical (unpaired) electrons. The minimum absolute atomic E-state index is 0.328. The molecule has 136 valence electrons. The summed E-state index contributed by atoms with van der Waals surface area (Å²) in [6, 6.07) is 20.2. The molecule has 0 bridgehead atoms. The summed E-state index contributed by atoms with van der Waals surface area (Å²) < 4.78 is 4.88. The summed E-state index contributed by atoms with van der Waals surface area (Å²) in [5.74, 6) is -0.423. The Morgan fingerprint density at radius 3 is 2.67 bits per heavy atom. The lowest BCUT2D eigenvalue weighted by molar-refractivity contribution is 0.0594. The van der Waals surface area contributed by atoms with Crippen LogP contribution in [-0.2, 0) is 17.7 Å². The predicted octanol–water partition coefficient (Wildman–Crippen LogP) is 3.84. The van der Waals surface area contributed by atoms with Crippen LogP contribution in [0.2, 0.25) is 0 Å². The molecule has 0 saturated carbocycles. The Balaban J connectivity index is 1.62. The van der Waals surface area contributed by atoms with Crippen LogP contribution in [0.1, 0.15) is 21.7 Å². The molecule has 2 aromatic carbocycles. The van der Waals surface area contributed by atoms with Crippen molar-refractivity contribution in [3.8, 4) is 0 Å². The third kappa shape index (κ3) is 3.55. The topological polar surface area (TPSA) is 67.0 Å². The molecular formula is C22H21N3O2. The molecule has 0 spiro atoms. The number of nitrogens with zero attached hydrogens (tertiary/aromatic N) is 1. The molecule has 0 unspecified atom stereocenters. The SMILES string of the molecule is COC(=O)c1cc2c([nH]c3ccccc32)c(CNCCc2ccccc2)n1. The maximum atomic E-state index is 12.1. The van der Waals surface area contributed by atoms with E-state index in [9.17, 15) is 4.79 Å². The second-order valence-corrected chi connectivity index (χ2v) is 6.45. The number of aromatic nitrogens is 2. The van der Waals surface area contributed by atoms with Gasteiger partial charge in [-0.25, -0.2) is 9.78 Å². The summed E-state index contributed by atoms with van der Waals surface area (Å²) in [5.41, 5.74) is 4.42. The van der Waals surface area contributed by atoms with Crippen molar-refractivity contribution in [3.63, 3.8) is 0 Å². The summed E-state index contributed by atoms with van der Waals surface area (Å²) in [7, 11) is 1.38. The zero-order valence-corrected chi connectivity index (χ0v) is 15.2. The van der Waals surface area contributed by atoms with E-state index in [1.54, 1.807) is 6.07 Å². The van der Waals surface area contributed by atoms with E-state index in [1.807, 2.05) is 42.5 Å². The molecule has 2 aromatic heterocycles. The highest BCUT2D eigenvalue weighted by molar-refractivity contribution is 6.09. The zero-order chi connectivity index (χ0) is 18.6. The highest BCUT2D eigenvalue weighted by Gasteiger charge is 2.15. The number of nitrogens with one attached hydrogen (secondary N) is 2. The number of H-pyrrole nitrogens is 1. The first-order chi connectivity index (χ1) is 13.3. The Labute approximate surface area is 157 Å². The van der Waals surface area contributed by atoms with Gasteiger partial charge in [-0.15, -0.1) is 0 Å². The number of esters is 1. The normalized spacial score (nSPS) is 11.1. The summed E-state index contributed by atoms with van der Waals surface area (Å²) in [4.78, 5) is 20.0. The Hall–Kier alpha value is -3.18. The van der Waals surface area contributed by atoms with Crippen molar-refractivity contribution in [2.45, 2.75) is 13.0 Å². The molecule has 0 atom stereocenters. The van der Waals surface area contributed by atoms with Gasteiger partial charge in [0.25, 0.3) is 0 Å². The summed E-state index contributed by atoms with van der Waals surface area (Å²) in [6.45, 7) is 1.40. The van der Waals surface area contributed by atoms with E-state index in [1.165, 1.54) is 12.7 Å². The van der Waals surface area contributed by atoms with Crippen LogP contribution in [0.25, 0.3) is 21.8 Å². The molecular weight excluding hydrogens is 338 g/mol. The first-order valence-electron chi connectivity index (χ1n) is 8.99. The number of hydrogen-bond acceptors (Lipinski definition) is 4. The number of para-hydroxylation sites is 1. The number of methoxy groups -OCH3 is 1. The fourth-order valence-corrected chi connectivity index (χ4v) is 3.33. The second kappa shape index (κ2) is 7.60. The van der Waals surface area contributed by atoms with E-state index in [-0.39, 0.29) is 0 Å². The second-order valence-electron chi connectivity index (χ2n) is 6.45. The van der Waals surface area contributed by atoms with Crippen LogP contribution >= 0.6 is 0 Å². The van der Waals surface area contributed by atoms with E-state index in [0.717, 1.165) is 40.5 Å². The predicted molar refractivity (Wildman–Crippen MR) is 107 cm³/mol. The highest BCUT2D eigenvalue weighted by atomic mass is 16.5. The van der Waals surface area contributed by atoms with Gasteiger partial charge in [0.1, 0.15) is 5.69 Å². The van der Waals surface area contributed by atoms with Crippen LogP contribution in [0.15, 0.2) is 60.7 Å². The number of fused-ring (bicyclic) bond motifs is 3. The van der Waals surface area contributed by atoms with Gasteiger partial charge < -0.3 is 15.0 Å². The third-order valence-electron chi connectivity index (χ3n) is 4.69. The quantitative estimate of drug-likeness (QED) is 0.405. The lowest BCUT2D eigenvalue weighted by atomic mass is 10.1.